The van der Waals surface area contributed by atoms with Gasteiger partial charge in [0.1, 0.15) is 0 Å². The number of nitrogens with one attached hydrogen (secondary N) is 1. The molecule has 4 nitrogen and oxygen atoms in total. The molecule has 0 saturated heterocycles. The highest BCUT2D eigenvalue weighted by atomic mass is 32.2. The molecule has 1 unspecified atom stereocenters. The van der Waals surface area contributed by atoms with Crippen LogP contribution in [0.3, 0.4) is 0 Å². The Labute approximate surface area is 103 Å². The number of rotatable bonds is 6. The molecule has 0 spiro atoms. The highest BCUT2D eigenvalue weighted by Crippen LogP contribution is 2.02. The van der Waals surface area contributed by atoms with Crippen molar-refractivity contribution in [2.45, 2.75) is 19.4 Å². The van der Waals surface area contributed by atoms with Gasteiger partial charge in [-0.05, 0) is 18.1 Å². The first-order valence-corrected chi connectivity index (χ1v) is 7.06. The zero-order valence-corrected chi connectivity index (χ0v) is 10.7. The molecule has 0 aliphatic rings. The van der Waals surface area contributed by atoms with Crippen LogP contribution in [-0.4, -0.2) is 21.0 Å². The van der Waals surface area contributed by atoms with Crippen LogP contribution in [0, 0.1) is 0 Å². The Morgan fingerprint density at radius 3 is 2.59 bits per heavy atom. The minimum Gasteiger partial charge on any atom is -0.327 e. The van der Waals surface area contributed by atoms with Crippen molar-refractivity contribution in [3.63, 3.8) is 0 Å². The van der Waals surface area contributed by atoms with E-state index in [-0.39, 0.29) is 12.6 Å². The molecule has 0 heterocycles. The van der Waals surface area contributed by atoms with Gasteiger partial charge in [0.15, 0.2) is 0 Å². The van der Waals surface area contributed by atoms with Crippen LogP contribution in [0.5, 0.6) is 0 Å². The van der Waals surface area contributed by atoms with Crippen LogP contribution in [0.4, 0.5) is 0 Å². The van der Waals surface area contributed by atoms with Gasteiger partial charge in [-0.3, -0.25) is 0 Å². The molecule has 0 radical (unpaired) electrons. The van der Waals surface area contributed by atoms with E-state index < -0.39 is 10.0 Å². The molecule has 0 saturated carbocycles. The maximum absolute atomic E-state index is 11.6. The van der Waals surface area contributed by atoms with Gasteiger partial charge in [0.2, 0.25) is 10.0 Å². The topological polar surface area (TPSA) is 72.2 Å². The van der Waals surface area contributed by atoms with Gasteiger partial charge >= 0.3 is 0 Å². The molecule has 0 bridgehead atoms. The molecule has 0 aliphatic heterocycles. The Bertz CT molecular complexity index is 455. The van der Waals surface area contributed by atoms with Crippen LogP contribution in [0.2, 0.25) is 0 Å². The number of hydrogen-bond acceptors (Lipinski definition) is 3. The van der Waals surface area contributed by atoms with E-state index in [1.165, 1.54) is 0 Å². The van der Waals surface area contributed by atoms with Crippen LogP contribution in [0.15, 0.2) is 35.7 Å². The summed E-state index contributed by atoms with van der Waals surface area (Å²) >= 11 is 0. The first-order valence-electron chi connectivity index (χ1n) is 5.52. The summed E-state index contributed by atoms with van der Waals surface area (Å²) in [5.74, 6) is 0. The summed E-state index contributed by atoms with van der Waals surface area (Å²) in [6, 6.07) is 9.12. The van der Waals surface area contributed by atoms with Crippen molar-refractivity contribution in [2.24, 2.45) is 5.73 Å². The molecular formula is C12H18N2O2S. The Balaban J connectivity index is 2.58. The third kappa shape index (κ3) is 5.63. The summed E-state index contributed by atoms with van der Waals surface area (Å²) in [6.45, 7) is 2.18. The monoisotopic (exact) mass is 254 g/mol. The van der Waals surface area contributed by atoms with Gasteiger partial charge in [0.25, 0.3) is 0 Å². The molecule has 1 atom stereocenters. The first-order chi connectivity index (χ1) is 8.03. The summed E-state index contributed by atoms with van der Waals surface area (Å²) in [4.78, 5) is 0. The smallest absolute Gasteiger partial charge is 0.233 e. The summed E-state index contributed by atoms with van der Waals surface area (Å²) in [7, 11) is -3.40. The van der Waals surface area contributed by atoms with Crippen LogP contribution < -0.4 is 10.5 Å². The Hall–Kier alpha value is -1.17. The average molecular weight is 254 g/mol. The highest BCUT2D eigenvalue weighted by Gasteiger charge is 2.06. The van der Waals surface area contributed by atoms with E-state index in [0.29, 0.717) is 0 Å². The fraction of sp³-hybridized carbons (Fsp3) is 0.333. The zero-order valence-electron chi connectivity index (χ0n) is 9.84. The van der Waals surface area contributed by atoms with Crippen molar-refractivity contribution in [3.8, 4) is 0 Å². The minimum absolute atomic E-state index is 0.144. The lowest BCUT2D eigenvalue weighted by Gasteiger charge is -2.08. The van der Waals surface area contributed by atoms with Gasteiger partial charge in [-0.25, -0.2) is 13.1 Å². The highest BCUT2D eigenvalue weighted by molar-refractivity contribution is 7.92. The summed E-state index contributed by atoms with van der Waals surface area (Å²) < 4.78 is 25.6. The normalized spacial score (nSPS) is 14.0. The fourth-order valence-electron chi connectivity index (χ4n) is 1.15. The zero-order chi connectivity index (χ0) is 12.7. The van der Waals surface area contributed by atoms with Crippen LogP contribution in [0.1, 0.15) is 18.9 Å². The van der Waals surface area contributed by atoms with Crippen molar-refractivity contribution in [2.75, 3.05) is 6.54 Å². The molecule has 1 rings (SSSR count). The first kappa shape index (κ1) is 13.9. The Morgan fingerprint density at radius 1 is 1.35 bits per heavy atom. The van der Waals surface area contributed by atoms with Crippen LogP contribution in [0.25, 0.3) is 6.08 Å². The van der Waals surface area contributed by atoms with Gasteiger partial charge in [0, 0.05) is 18.0 Å². The second kappa shape index (κ2) is 6.54. The van der Waals surface area contributed by atoms with E-state index in [9.17, 15) is 8.42 Å². The number of nitrogens with two attached hydrogens (primary N) is 1. The van der Waals surface area contributed by atoms with Gasteiger partial charge in [0.05, 0.1) is 0 Å². The van der Waals surface area contributed by atoms with Crippen molar-refractivity contribution in [1.82, 2.24) is 4.72 Å². The van der Waals surface area contributed by atoms with Crippen molar-refractivity contribution in [3.05, 3.63) is 41.3 Å². The van der Waals surface area contributed by atoms with Gasteiger partial charge in [-0.15, -0.1) is 0 Å². The van der Waals surface area contributed by atoms with Crippen molar-refractivity contribution >= 4 is 16.1 Å². The van der Waals surface area contributed by atoms with Crippen LogP contribution in [-0.2, 0) is 10.0 Å². The quantitative estimate of drug-likeness (QED) is 0.804. The van der Waals surface area contributed by atoms with Gasteiger partial charge < -0.3 is 5.73 Å². The Morgan fingerprint density at radius 2 is 2.00 bits per heavy atom. The molecule has 0 aromatic heterocycles. The molecule has 0 aliphatic carbocycles. The largest absolute Gasteiger partial charge is 0.327 e. The maximum atomic E-state index is 11.6. The number of sulfonamides is 1. The lowest BCUT2D eigenvalue weighted by atomic mass is 10.2. The van der Waals surface area contributed by atoms with Gasteiger partial charge in [-0.1, -0.05) is 37.3 Å². The SMILES string of the molecule is CCC(N)CNS(=O)(=O)C=Cc1ccccc1. The maximum Gasteiger partial charge on any atom is 0.233 e. The lowest BCUT2D eigenvalue weighted by Crippen LogP contribution is -2.35. The van der Waals surface area contributed by atoms with E-state index in [0.717, 1.165) is 17.4 Å². The number of benzene rings is 1. The van der Waals surface area contributed by atoms with E-state index in [1.807, 2.05) is 37.3 Å². The number of hydrogen-bond donors (Lipinski definition) is 2. The van der Waals surface area contributed by atoms with Gasteiger partial charge in [-0.2, -0.15) is 0 Å². The third-order valence-corrected chi connectivity index (χ3v) is 3.37. The molecule has 5 heteroatoms. The van der Waals surface area contributed by atoms with E-state index in [2.05, 4.69) is 4.72 Å². The molecule has 0 fully saturated rings. The van der Waals surface area contributed by atoms with Crippen molar-refractivity contribution in [1.29, 1.82) is 0 Å². The van der Waals surface area contributed by atoms with E-state index in [1.54, 1.807) is 6.08 Å². The molecule has 0 amide bonds. The summed E-state index contributed by atoms with van der Waals surface area (Å²) in [5.41, 5.74) is 6.48. The molecule has 1 aromatic rings. The minimum atomic E-state index is -3.40. The van der Waals surface area contributed by atoms with E-state index in [4.69, 9.17) is 5.73 Å². The second-order valence-corrected chi connectivity index (χ2v) is 5.43. The predicted molar refractivity (Wildman–Crippen MR) is 70.7 cm³/mol. The van der Waals surface area contributed by atoms with E-state index >= 15 is 0 Å². The second-order valence-electron chi connectivity index (χ2n) is 3.78. The Kier molecular flexibility index (Phi) is 5.34. The molecular weight excluding hydrogens is 236 g/mol. The standard InChI is InChI=1S/C12H18N2O2S/c1-2-12(13)10-14-17(15,16)9-8-11-6-4-3-5-7-11/h3-9,12,14H,2,10,13H2,1H3. The summed E-state index contributed by atoms with van der Waals surface area (Å²) in [6.07, 6.45) is 2.30. The third-order valence-electron chi connectivity index (χ3n) is 2.31. The molecule has 1 aromatic carbocycles. The lowest BCUT2D eigenvalue weighted by molar-refractivity contribution is 0.572. The summed E-state index contributed by atoms with van der Waals surface area (Å²) in [5, 5.41) is 1.16. The fourth-order valence-corrected chi connectivity index (χ4v) is 2.03. The molecule has 94 valence electrons. The predicted octanol–water partition coefficient (Wildman–Crippen LogP) is 1.31. The van der Waals surface area contributed by atoms with Crippen molar-refractivity contribution < 1.29 is 8.42 Å². The molecule has 3 N–H and O–H groups in total. The molecule has 17 heavy (non-hydrogen) atoms. The average Bonchev–Trinajstić information content (AvgIpc) is 2.35. The van der Waals surface area contributed by atoms with Crippen LogP contribution >= 0.6 is 0 Å².